The third kappa shape index (κ3) is 4.15. The van der Waals surface area contributed by atoms with Gasteiger partial charge in [0.25, 0.3) is 0 Å². The number of carbonyl (C=O) groups is 1. The SMILES string of the molecule is Cc1ccc(NC(=O)N2Cc3c(C)nn(-c4ccccc4)c3-n3cccc3[C@H]2c2cccc(F)c2)cc1Cl. The van der Waals surface area contributed by atoms with Gasteiger partial charge in [0.15, 0.2) is 0 Å². The first-order chi connectivity index (χ1) is 18.4. The molecule has 5 aromatic rings. The molecule has 1 aliphatic rings. The van der Waals surface area contributed by atoms with Gasteiger partial charge in [0, 0.05) is 22.5 Å². The predicted molar refractivity (Wildman–Crippen MR) is 147 cm³/mol. The minimum absolute atomic E-state index is 0.266. The number of amides is 2. The molecule has 0 saturated heterocycles. The summed E-state index contributed by atoms with van der Waals surface area (Å²) in [5.41, 5.74) is 5.61. The summed E-state index contributed by atoms with van der Waals surface area (Å²) in [4.78, 5) is 15.7. The summed E-state index contributed by atoms with van der Waals surface area (Å²) in [5, 5.41) is 8.43. The van der Waals surface area contributed by atoms with E-state index in [0.717, 1.165) is 34.0 Å². The molecular weight excluding hydrogens is 501 g/mol. The lowest BCUT2D eigenvalue weighted by Crippen LogP contribution is -2.38. The number of carbonyl (C=O) groups excluding carboxylic acids is 1. The predicted octanol–water partition coefficient (Wildman–Crippen LogP) is 7.21. The van der Waals surface area contributed by atoms with Gasteiger partial charge in [-0.2, -0.15) is 5.10 Å². The standard InChI is InChI=1S/C30H25ClFN5O/c1-19-13-14-23(17-26(19)31)33-30(38)36-18-25-20(2)34-37(24-10-4-3-5-11-24)29(25)35-15-7-12-27(35)28(36)21-8-6-9-22(32)16-21/h3-17,28H,18H2,1-2H3,(H,33,38)/t28-/m1/s1. The van der Waals surface area contributed by atoms with Crippen molar-refractivity contribution in [2.24, 2.45) is 0 Å². The van der Waals surface area contributed by atoms with Crippen LogP contribution in [0.4, 0.5) is 14.9 Å². The zero-order chi connectivity index (χ0) is 26.4. The Hall–Kier alpha value is -4.36. The highest BCUT2D eigenvalue weighted by molar-refractivity contribution is 6.31. The van der Waals surface area contributed by atoms with Crippen LogP contribution in [0.5, 0.6) is 0 Å². The largest absolute Gasteiger partial charge is 0.322 e. The van der Waals surface area contributed by atoms with E-state index in [1.54, 1.807) is 17.0 Å². The summed E-state index contributed by atoms with van der Waals surface area (Å²) < 4.78 is 18.4. The van der Waals surface area contributed by atoms with Crippen molar-refractivity contribution in [1.29, 1.82) is 0 Å². The van der Waals surface area contributed by atoms with Gasteiger partial charge in [-0.3, -0.25) is 0 Å². The zero-order valence-electron chi connectivity index (χ0n) is 20.9. The summed E-state index contributed by atoms with van der Waals surface area (Å²) in [6.45, 7) is 4.12. The number of para-hydroxylation sites is 1. The number of rotatable bonds is 3. The van der Waals surface area contributed by atoms with Gasteiger partial charge >= 0.3 is 6.03 Å². The Morgan fingerprint density at radius 3 is 2.58 bits per heavy atom. The van der Waals surface area contributed by atoms with E-state index in [0.29, 0.717) is 16.3 Å². The number of anilines is 1. The van der Waals surface area contributed by atoms with Crippen LogP contribution in [0.3, 0.4) is 0 Å². The van der Waals surface area contributed by atoms with Crippen LogP contribution in [0.1, 0.15) is 34.1 Å². The van der Waals surface area contributed by atoms with Crippen LogP contribution in [0.15, 0.2) is 91.1 Å². The smallest absolute Gasteiger partial charge is 0.308 e. The van der Waals surface area contributed by atoms with Crippen molar-refractivity contribution in [3.05, 3.63) is 130 Å². The minimum Gasteiger partial charge on any atom is -0.308 e. The molecule has 1 aliphatic heterocycles. The summed E-state index contributed by atoms with van der Waals surface area (Å²) in [6, 6.07) is 24.7. The van der Waals surface area contributed by atoms with Crippen molar-refractivity contribution < 1.29 is 9.18 Å². The van der Waals surface area contributed by atoms with Crippen LogP contribution < -0.4 is 5.32 Å². The lowest BCUT2D eigenvalue weighted by Gasteiger charge is -2.31. The number of hydrogen-bond donors (Lipinski definition) is 1. The van der Waals surface area contributed by atoms with Gasteiger partial charge in [-0.05, 0) is 73.5 Å². The lowest BCUT2D eigenvalue weighted by molar-refractivity contribution is 0.194. The van der Waals surface area contributed by atoms with Gasteiger partial charge in [-0.1, -0.05) is 48.0 Å². The number of aromatic nitrogens is 3. The van der Waals surface area contributed by atoms with Gasteiger partial charge < -0.3 is 14.8 Å². The molecule has 6 nitrogen and oxygen atoms in total. The molecule has 3 aromatic carbocycles. The number of nitrogens with one attached hydrogen (secondary N) is 1. The maximum Gasteiger partial charge on any atom is 0.322 e. The van der Waals surface area contributed by atoms with Crippen LogP contribution in [-0.2, 0) is 6.54 Å². The Morgan fingerprint density at radius 2 is 1.82 bits per heavy atom. The molecule has 0 radical (unpaired) electrons. The Balaban J connectivity index is 1.53. The highest BCUT2D eigenvalue weighted by Crippen LogP contribution is 2.39. The number of aryl methyl sites for hydroxylation is 2. The van der Waals surface area contributed by atoms with Gasteiger partial charge in [0.1, 0.15) is 11.6 Å². The highest BCUT2D eigenvalue weighted by atomic mass is 35.5. The van der Waals surface area contributed by atoms with Crippen LogP contribution in [0.25, 0.3) is 11.5 Å². The van der Waals surface area contributed by atoms with E-state index in [1.165, 1.54) is 12.1 Å². The molecule has 38 heavy (non-hydrogen) atoms. The first kappa shape index (κ1) is 24.0. The summed E-state index contributed by atoms with van der Waals surface area (Å²) in [5.74, 6) is 0.489. The Kier molecular flexibility index (Phi) is 6.00. The maximum atomic E-state index is 14.5. The second-order valence-corrected chi connectivity index (χ2v) is 9.82. The topological polar surface area (TPSA) is 55.1 Å². The lowest BCUT2D eigenvalue weighted by atomic mass is 10.0. The summed E-state index contributed by atoms with van der Waals surface area (Å²) in [6.07, 6.45) is 1.96. The molecule has 6 rings (SSSR count). The van der Waals surface area contributed by atoms with Crippen molar-refractivity contribution in [3.8, 4) is 11.5 Å². The molecule has 0 saturated carbocycles. The van der Waals surface area contributed by atoms with E-state index in [4.69, 9.17) is 16.7 Å². The first-order valence-corrected chi connectivity index (χ1v) is 12.7. The number of halogens is 2. The quantitative estimate of drug-likeness (QED) is 0.270. The second kappa shape index (κ2) is 9.50. The van der Waals surface area contributed by atoms with Gasteiger partial charge in [0.2, 0.25) is 0 Å². The van der Waals surface area contributed by atoms with E-state index >= 15 is 0 Å². The van der Waals surface area contributed by atoms with Crippen molar-refractivity contribution in [3.63, 3.8) is 0 Å². The Morgan fingerprint density at radius 1 is 1.00 bits per heavy atom. The van der Waals surface area contributed by atoms with Crippen LogP contribution in [0.2, 0.25) is 5.02 Å². The molecular formula is C30H25ClFN5O. The fraction of sp³-hybridized carbons (Fsp3) is 0.133. The summed E-state index contributed by atoms with van der Waals surface area (Å²) >= 11 is 6.33. The molecule has 0 spiro atoms. The highest BCUT2D eigenvalue weighted by Gasteiger charge is 2.36. The van der Waals surface area contributed by atoms with Gasteiger partial charge in [-0.15, -0.1) is 0 Å². The van der Waals surface area contributed by atoms with E-state index < -0.39 is 6.04 Å². The average molecular weight is 526 g/mol. The van der Waals surface area contributed by atoms with Gasteiger partial charge in [0.05, 0.1) is 29.7 Å². The van der Waals surface area contributed by atoms with E-state index in [1.807, 2.05) is 90.0 Å². The van der Waals surface area contributed by atoms with Crippen molar-refractivity contribution in [1.82, 2.24) is 19.2 Å². The third-order valence-corrected chi connectivity index (χ3v) is 7.34. The molecule has 0 aliphatic carbocycles. The van der Waals surface area contributed by atoms with Crippen LogP contribution in [0, 0.1) is 19.7 Å². The van der Waals surface area contributed by atoms with E-state index in [-0.39, 0.29) is 18.4 Å². The number of hydrogen-bond acceptors (Lipinski definition) is 2. The van der Waals surface area contributed by atoms with Crippen LogP contribution >= 0.6 is 11.6 Å². The molecule has 1 atom stereocenters. The monoisotopic (exact) mass is 525 g/mol. The maximum absolute atomic E-state index is 14.5. The Labute approximate surface area is 224 Å². The number of benzene rings is 3. The fourth-order valence-corrected chi connectivity index (χ4v) is 5.22. The molecule has 1 N–H and O–H groups in total. The molecule has 2 aromatic heterocycles. The third-order valence-electron chi connectivity index (χ3n) is 6.94. The fourth-order valence-electron chi connectivity index (χ4n) is 5.04. The second-order valence-electron chi connectivity index (χ2n) is 9.42. The van der Waals surface area contributed by atoms with E-state index in [2.05, 4.69) is 5.32 Å². The molecule has 0 fully saturated rings. The van der Waals surface area contributed by atoms with Gasteiger partial charge in [-0.25, -0.2) is 13.9 Å². The zero-order valence-corrected chi connectivity index (χ0v) is 21.7. The normalized spacial score (nSPS) is 14.5. The van der Waals surface area contributed by atoms with Crippen molar-refractivity contribution in [2.75, 3.05) is 5.32 Å². The molecule has 0 bridgehead atoms. The van der Waals surface area contributed by atoms with Crippen molar-refractivity contribution in [2.45, 2.75) is 26.4 Å². The average Bonchev–Trinajstić information content (AvgIpc) is 3.47. The molecule has 190 valence electrons. The molecule has 8 heteroatoms. The van der Waals surface area contributed by atoms with Crippen LogP contribution in [-0.4, -0.2) is 25.3 Å². The molecule has 2 amide bonds. The number of nitrogens with zero attached hydrogens (tertiary/aromatic N) is 4. The minimum atomic E-state index is -0.558. The first-order valence-electron chi connectivity index (χ1n) is 12.3. The number of fused-ring (bicyclic) bond motifs is 3. The Bertz CT molecular complexity index is 1660. The molecule has 3 heterocycles. The summed E-state index contributed by atoms with van der Waals surface area (Å²) in [7, 11) is 0. The number of urea groups is 1. The van der Waals surface area contributed by atoms with Crippen molar-refractivity contribution >= 4 is 23.3 Å². The molecule has 0 unspecified atom stereocenters. The van der Waals surface area contributed by atoms with E-state index in [9.17, 15) is 9.18 Å².